The molecule has 1 aliphatic carbocycles. The molecule has 0 unspecified atom stereocenters. The Hall–Kier alpha value is -0.390. The summed E-state index contributed by atoms with van der Waals surface area (Å²) in [7, 11) is 0. The summed E-state index contributed by atoms with van der Waals surface area (Å²) in [6.45, 7) is 0. The van der Waals surface area contributed by atoms with Gasteiger partial charge in [-0.3, -0.25) is 0 Å². The van der Waals surface area contributed by atoms with Gasteiger partial charge >= 0.3 is 0 Å². The average Bonchev–Trinajstić information content (AvgIpc) is 1.69. The van der Waals surface area contributed by atoms with E-state index >= 15 is 0 Å². The molecule has 0 fully saturated rings. The van der Waals surface area contributed by atoms with Gasteiger partial charge in [0.1, 0.15) is 6.08 Å². The Bertz CT molecular complexity index is 140. The average molecular weight is 156 g/mol. The summed E-state index contributed by atoms with van der Waals surface area (Å²) in [5.41, 5.74) is 0. The van der Waals surface area contributed by atoms with Gasteiger partial charge in [0.25, 0.3) is 0 Å². The molecule has 1 aliphatic rings. The molecule has 0 N–H and O–H groups in total. The lowest BCUT2D eigenvalue weighted by Gasteiger charge is -1.74. The summed E-state index contributed by atoms with van der Waals surface area (Å²) in [5.74, 6) is 0. The lowest BCUT2D eigenvalue weighted by Crippen LogP contribution is -1.65. The molecule has 0 bridgehead atoms. The first-order valence-corrected chi connectivity index (χ1v) is 2.81. The Kier molecular flexibility index (Phi) is 1.40. The first-order valence-electron chi connectivity index (χ1n) is 2.02. The summed E-state index contributed by atoms with van der Waals surface area (Å²) >= 11 is 3.26. The van der Waals surface area contributed by atoms with Crippen LogP contribution >= 0.6 is 15.9 Å². The molecule has 1 rings (SSSR count). The molecule has 0 aromatic heterocycles. The van der Waals surface area contributed by atoms with Crippen LogP contribution in [0.2, 0.25) is 0 Å². The Morgan fingerprint density at radius 2 is 2.29 bits per heavy atom. The molecule has 0 atom stereocenters. The molecule has 0 spiro atoms. The van der Waals surface area contributed by atoms with Crippen LogP contribution in [-0.4, -0.2) is 0 Å². The maximum absolute atomic E-state index is 3.26. The molecule has 1 heteroatoms. The lowest BCUT2D eigenvalue weighted by atomic mass is 10.3. The van der Waals surface area contributed by atoms with Crippen LogP contribution in [0.3, 0.4) is 0 Å². The maximum Gasteiger partial charge on any atom is 0.180 e. The van der Waals surface area contributed by atoms with E-state index in [0.717, 1.165) is 4.48 Å². The Balaban J connectivity index is 2.82. The first kappa shape index (κ1) is 4.76. The topological polar surface area (TPSA) is 0 Å². The van der Waals surface area contributed by atoms with E-state index in [-0.39, 0.29) is 0 Å². The van der Waals surface area contributed by atoms with Gasteiger partial charge in [-0.25, -0.2) is 0 Å². The van der Waals surface area contributed by atoms with Gasteiger partial charge < -0.3 is 0 Å². The van der Waals surface area contributed by atoms with Crippen molar-refractivity contribution in [1.29, 1.82) is 0 Å². The zero-order valence-corrected chi connectivity index (χ0v) is 5.27. The highest BCUT2D eigenvalue weighted by molar-refractivity contribution is 9.11. The predicted octanol–water partition coefficient (Wildman–Crippen LogP) is 2.19. The number of halogens is 1. The number of hydrogen-bond donors (Lipinski definition) is 0. The zero-order valence-electron chi connectivity index (χ0n) is 3.69. The van der Waals surface area contributed by atoms with Crippen LogP contribution in [0.5, 0.6) is 0 Å². The van der Waals surface area contributed by atoms with E-state index < -0.39 is 0 Å². The summed E-state index contributed by atoms with van der Waals surface area (Å²) in [4.78, 5) is 0. The molecule has 0 aromatic carbocycles. The van der Waals surface area contributed by atoms with Crippen molar-refractivity contribution >= 4 is 15.9 Å². The van der Waals surface area contributed by atoms with E-state index in [1.54, 1.807) is 0 Å². The fraction of sp³-hybridized carbons (Fsp3) is 0. The van der Waals surface area contributed by atoms with Gasteiger partial charge in [0.05, 0.1) is 18.2 Å². The minimum atomic E-state index is 1.01. The van der Waals surface area contributed by atoms with Crippen molar-refractivity contribution < 1.29 is 0 Å². The van der Waals surface area contributed by atoms with Gasteiger partial charge in [-0.1, -0.05) is 0 Å². The first-order chi connectivity index (χ1) is 3.39. The monoisotopic (exact) mass is 155 g/mol. The van der Waals surface area contributed by atoms with Gasteiger partial charge in [0.15, 0.2) is 4.48 Å². The number of hydrogen-bond acceptors (Lipinski definition) is 0. The highest BCUT2D eigenvalue weighted by Crippen LogP contribution is 2.08. The van der Waals surface area contributed by atoms with Gasteiger partial charge in [-0.05, 0) is 15.9 Å². The van der Waals surface area contributed by atoms with E-state index in [4.69, 9.17) is 0 Å². The summed E-state index contributed by atoms with van der Waals surface area (Å²) in [6, 6.07) is 0. The smallest absolute Gasteiger partial charge is 0.00773 e. The van der Waals surface area contributed by atoms with E-state index in [0.29, 0.717) is 0 Å². The maximum atomic E-state index is 3.26. The van der Waals surface area contributed by atoms with Crippen molar-refractivity contribution in [3.05, 3.63) is 34.9 Å². The normalized spacial score (nSPS) is 15.9. The van der Waals surface area contributed by atoms with Crippen LogP contribution in [0.15, 0.2) is 28.8 Å². The van der Waals surface area contributed by atoms with Crippen molar-refractivity contribution in [1.82, 2.24) is 0 Å². The number of rotatable bonds is 0. The summed E-state index contributed by atoms with van der Waals surface area (Å²) in [6.07, 6.45) is 10.7. The summed E-state index contributed by atoms with van der Waals surface area (Å²) in [5, 5.41) is 0. The van der Waals surface area contributed by atoms with Gasteiger partial charge in [-0.15, -0.1) is 0 Å². The van der Waals surface area contributed by atoms with Crippen LogP contribution < -0.4 is 0 Å². The quantitative estimate of drug-likeness (QED) is 0.471. The molecule has 34 valence electrons. The highest BCUT2D eigenvalue weighted by atomic mass is 79.9. The Labute approximate surface area is 51.4 Å². The van der Waals surface area contributed by atoms with E-state index in [1.165, 1.54) is 0 Å². The fourth-order valence-corrected chi connectivity index (χ4v) is 0.656. The minimum Gasteiger partial charge on any atom is -0.00773 e. The molecule has 0 nitrogen and oxygen atoms in total. The van der Waals surface area contributed by atoms with Crippen molar-refractivity contribution in [2.45, 2.75) is 0 Å². The third-order valence-corrected chi connectivity index (χ3v) is 1.16. The summed E-state index contributed by atoms with van der Waals surface area (Å²) < 4.78 is 1.01. The molecular formula is C6H4Br+. The molecule has 0 saturated carbocycles. The van der Waals surface area contributed by atoms with Crippen molar-refractivity contribution in [2.24, 2.45) is 0 Å². The van der Waals surface area contributed by atoms with Gasteiger partial charge in [0, 0.05) is 6.08 Å². The minimum absolute atomic E-state index is 1.01. The van der Waals surface area contributed by atoms with Crippen molar-refractivity contribution in [3.63, 3.8) is 0 Å². The second-order valence-corrected chi connectivity index (χ2v) is 2.06. The second kappa shape index (κ2) is 2.06. The molecule has 0 radical (unpaired) electrons. The SMILES string of the molecule is BrC1=CC=CC=[C+]1. The highest BCUT2D eigenvalue weighted by Gasteiger charge is 1.93. The molecule has 0 saturated heterocycles. The van der Waals surface area contributed by atoms with Crippen molar-refractivity contribution in [3.8, 4) is 0 Å². The zero-order chi connectivity index (χ0) is 5.11. The van der Waals surface area contributed by atoms with Gasteiger partial charge in [-0.2, -0.15) is 0 Å². The molecule has 0 heterocycles. The van der Waals surface area contributed by atoms with Crippen LogP contribution in [0, 0.1) is 6.08 Å². The van der Waals surface area contributed by atoms with E-state index in [9.17, 15) is 0 Å². The van der Waals surface area contributed by atoms with E-state index in [1.807, 2.05) is 24.3 Å². The third-order valence-electron chi connectivity index (χ3n) is 0.671. The molecule has 0 amide bonds. The molecular weight excluding hydrogens is 152 g/mol. The van der Waals surface area contributed by atoms with Gasteiger partial charge in [0.2, 0.25) is 0 Å². The van der Waals surface area contributed by atoms with Crippen LogP contribution in [0.1, 0.15) is 0 Å². The fourth-order valence-electron chi connectivity index (χ4n) is 0.371. The molecule has 0 aromatic rings. The standard InChI is InChI=1S/C6H4Br/c7-6-4-2-1-3-5-6/h1-4H/q+1. The predicted molar refractivity (Wildman–Crippen MR) is 34.0 cm³/mol. The van der Waals surface area contributed by atoms with Crippen LogP contribution in [0.25, 0.3) is 0 Å². The Morgan fingerprint density at radius 1 is 1.43 bits per heavy atom. The number of allylic oxidation sites excluding steroid dienone is 6. The van der Waals surface area contributed by atoms with Crippen LogP contribution in [-0.2, 0) is 0 Å². The lowest BCUT2D eigenvalue weighted by molar-refractivity contribution is 1.73. The molecule has 7 heavy (non-hydrogen) atoms. The largest absolute Gasteiger partial charge is 0.180 e. The second-order valence-electron chi connectivity index (χ2n) is 1.21. The van der Waals surface area contributed by atoms with Crippen molar-refractivity contribution in [2.75, 3.05) is 0 Å². The Morgan fingerprint density at radius 3 is 2.57 bits per heavy atom. The third kappa shape index (κ3) is 1.26. The molecule has 0 aliphatic heterocycles. The van der Waals surface area contributed by atoms with Crippen LogP contribution in [0.4, 0.5) is 0 Å². The van der Waals surface area contributed by atoms with E-state index in [2.05, 4.69) is 22.0 Å².